The molecular weight excluding hydrogens is 245 g/mol. The first-order chi connectivity index (χ1) is 7.82. The molecule has 6 heteroatoms. The molecule has 1 amide bonds. The summed E-state index contributed by atoms with van der Waals surface area (Å²) in [7, 11) is 3.31. The van der Waals surface area contributed by atoms with E-state index in [4.69, 9.17) is 17.3 Å². The second kappa shape index (κ2) is 5.23. The van der Waals surface area contributed by atoms with Crippen molar-refractivity contribution in [2.24, 2.45) is 0 Å². The minimum absolute atomic E-state index is 0.0359. The van der Waals surface area contributed by atoms with Gasteiger partial charge in [-0.25, -0.2) is 4.39 Å². The molecule has 0 aromatic heterocycles. The van der Waals surface area contributed by atoms with Crippen molar-refractivity contribution < 1.29 is 9.18 Å². The van der Waals surface area contributed by atoms with Crippen molar-refractivity contribution in [2.45, 2.75) is 13.0 Å². The van der Waals surface area contributed by atoms with Crippen molar-refractivity contribution in [2.75, 3.05) is 25.1 Å². The molecule has 0 bridgehead atoms. The number of likely N-dealkylation sites (N-methyl/N-ethyl adjacent to an activating group) is 1. The number of hydrogen-bond donors (Lipinski definition) is 2. The van der Waals surface area contributed by atoms with Crippen LogP contribution in [0.2, 0.25) is 5.02 Å². The van der Waals surface area contributed by atoms with E-state index in [0.717, 1.165) is 6.07 Å². The molecule has 1 atom stereocenters. The summed E-state index contributed by atoms with van der Waals surface area (Å²) in [6, 6.07) is 2.03. The first-order valence-electron chi connectivity index (χ1n) is 5.05. The fraction of sp³-hybridized carbons (Fsp3) is 0.364. The van der Waals surface area contributed by atoms with Crippen LogP contribution in [-0.4, -0.2) is 30.9 Å². The Morgan fingerprint density at radius 3 is 2.65 bits per heavy atom. The van der Waals surface area contributed by atoms with Crippen LogP contribution in [-0.2, 0) is 4.79 Å². The van der Waals surface area contributed by atoms with Gasteiger partial charge in [-0.15, -0.1) is 0 Å². The second-order valence-corrected chi connectivity index (χ2v) is 4.36. The maximum Gasteiger partial charge on any atom is 0.244 e. The maximum atomic E-state index is 13.1. The van der Waals surface area contributed by atoms with Gasteiger partial charge in [-0.3, -0.25) is 4.79 Å². The first kappa shape index (κ1) is 13.6. The predicted molar refractivity (Wildman–Crippen MR) is 67.6 cm³/mol. The van der Waals surface area contributed by atoms with Crippen LogP contribution in [0.15, 0.2) is 12.1 Å². The van der Waals surface area contributed by atoms with Crippen LogP contribution < -0.4 is 11.1 Å². The number of carbonyl (C=O) groups excluding carboxylic acids is 1. The smallest absolute Gasteiger partial charge is 0.244 e. The quantitative estimate of drug-likeness (QED) is 0.816. The fourth-order valence-corrected chi connectivity index (χ4v) is 1.53. The van der Waals surface area contributed by atoms with Crippen molar-refractivity contribution >= 4 is 28.9 Å². The van der Waals surface area contributed by atoms with E-state index in [2.05, 4.69) is 5.32 Å². The summed E-state index contributed by atoms with van der Waals surface area (Å²) in [5.74, 6) is -0.689. The van der Waals surface area contributed by atoms with Gasteiger partial charge in [-0.2, -0.15) is 0 Å². The summed E-state index contributed by atoms with van der Waals surface area (Å²) in [6.07, 6.45) is 0. The van der Waals surface area contributed by atoms with Crippen LogP contribution in [0.5, 0.6) is 0 Å². The van der Waals surface area contributed by atoms with Gasteiger partial charge in [0.15, 0.2) is 0 Å². The van der Waals surface area contributed by atoms with E-state index < -0.39 is 11.9 Å². The predicted octanol–water partition coefficient (Wildman–Crippen LogP) is 1.95. The average molecular weight is 260 g/mol. The molecule has 0 heterocycles. The third kappa shape index (κ3) is 3.23. The molecule has 0 radical (unpaired) electrons. The van der Waals surface area contributed by atoms with Crippen LogP contribution in [0.4, 0.5) is 15.8 Å². The van der Waals surface area contributed by atoms with Crippen LogP contribution >= 0.6 is 11.6 Å². The summed E-state index contributed by atoms with van der Waals surface area (Å²) in [5.41, 5.74) is 6.29. The topological polar surface area (TPSA) is 58.4 Å². The number of halogens is 2. The summed E-state index contributed by atoms with van der Waals surface area (Å²) in [4.78, 5) is 13.1. The Kier molecular flexibility index (Phi) is 4.17. The Morgan fingerprint density at radius 1 is 1.53 bits per heavy atom. The van der Waals surface area contributed by atoms with E-state index in [-0.39, 0.29) is 16.6 Å². The number of nitrogens with zero attached hydrogens (tertiary/aromatic N) is 1. The standard InChI is InChI=1S/C11H15ClFN3O/c1-6(11(17)16(2)3)15-10-4-7(12)8(13)5-9(10)14/h4-6,15H,14H2,1-3H3. The molecule has 1 unspecified atom stereocenters. The molecule has 94 valence electrons. The molecule has 0 aliphatic heterocycles. The highest BCUT2D eigenvalue weighted by molar-refractivity contribution is 6.31. The SMILES string of the molecule is CC(Nc1cc(Cl)c(F)cc1N)C(=O)N(C)C. The van der Waals surface area contributed by atoms with Gasteiger partial charge in [0.05, 0.1) is 16.4 Å². The van der Waals surface area contributed by atoms with Crippen LogP contribution in [0.25, 0.3) is 0 Å². The largest absolute Gasteiger partial charge is 0.397 e. The lowest BCUT2D eigenvalue weighted by molar-refractivity contribution is -0.129. The maximum absolute atomic E-state index is 13.1. The molecule has 0 aliphatic carbocycles. The molecule has 1 rings (SSSR count). The molecule has 0 fully saturated rings. The molecule has 0 saturated heterocycles. The number of rotatable bonds is 3. The van der Waals surface area contributed by atoms with Crippen molar-refractivity contribution in [3.8, 4) is 0 Å². The minimum Gasteiger partial charge on any atom is -0.397 e. The van der Waals surface area contributed by atoms with E-state index in [9.17, 15) is 9.18 Å². The summed E-state index contributed by atoms with van der Waals surface area (Å²) in [5, 5.41) is 2.86. The number of carbonyl (C=O) groups is 1. The van der Waals surface area contributed by atoms with Gasteiger partial charge in [0, 0.05) is 20.2 Å². The number of anilines is 2. The Balaban J connectivity index is 2.89. The second-order valence-electron chi connectivity index (χ2n) is 3.95. The van der Waals surface area contributed by atoms with Gasteiger partial charge in [0.1, 0.15) is 11.9 Å². The molecule has 0 saturated carbocycles. The third-order valence-corrected chi connectivity index (χ3v) is 2.57. The van der Waals surface area contributed by atoms with Crippen molar-refractivity contribution in [3.05, 3.63) is 23.0 Å². The molecule has 0 aliphatic rings. The highest BCUT2D eigenvalue weighted by Gasteiger charge is 2.16. The van der Waals surface area contributed by atoms with Gasteiger partial charge < -0.3 is 16.0 Å². The number of nitrogens with two attached hydrogens (primary N) is 1. The number of amides is 1. The Bertz CT molecular complexity index is 437. The highest BCUT2D eigenvalue weighted by atomic mass is 35.5. The molecule has 1 aromatic carbocycles. The van der Waals surface area contributed by atoms with E-state index in [1.807, 2.05) is 0 Å². The normalized spacial score (nSPS) is 12.1. The zero-order chi connectivity index (χ0) is 13.2. The number of hydrogen-bond acceptors (Lipinski definition) is 3. The lowest BCUT2D eigenvalue weighted by atomic mass is 10.2. The monoisotopic (exact) mass is 259 g/mol. The average Bonchev–Trinajstić information content (AvgIpc) is 2.24. The van der Waals surface area contributed by atoms with Gasteiger partial charge in [-0.05, 0) is 13.0 Å². The summed E-state index contributed by atoms with van der Waals surface area (Å²) in [6.45, 7) is 1.69. The third-order valence-electron chi connectivity index (χ3n) is 2.28. The van der Waals surface area contributed by atoms with Crippen LogP contribution in [0.3, 0.4) is 0 Å². The molecule has 1 aromatic rings. The molecular formula is C11H15ClFN3O. The van der Waals surface area contributed by atoms with E-state index >= 15 is 0 Å². The zero-order valence-electron chi connectivity index (χ0n) is 9.92. The zero-order valence-corrected chi connectivity index (χ0v) is 10.7. The highest BCUT2D eigenvalue weighted by Crippen LogP contribution is 2.26. The van der Waals surface area contributed by atoms with Gasteiger partial charge in [0.2, 0.25) is 5.91 Å². The minimum atomic E-state index is -0.582. The molecule has 3 N–H and O–H groups in total. The van der Waals surface area contributed by atoms with E-state index in [1.54, 1.807) is 21.0 Å². The Labute approximate surface area is 105 Å². The number of benzene rings is 1. The Morgan fingerprint density at radius 2 is 2.12 bits per heavy atom. The van der Waals surface area contributed by atoms with E-state index in [1.165, 1.54) is 11.0 Å². The summed E-state index contributed by atoms with van der Waals surface area (Å²) >= 11 is 5.65. The molecule has 4 nitrogen and oxygen atoms in total. The van der Waals surface area contributed by atoms with E-state index in [0.29, 0.717) is 5.69 Å². The fourth-order valence-electron chi connectivity index (χ4n) is 1.37. The van der Waals surface area contributed by atoms with Gasteiger partial charge in [0.25, 0.3) is 0 Å². The van der Waals surface area contributed by atoms with Crippen molar-refractivity contribution in [1.29, 1.82) is 0 Å². The molecule has 0 spiro atoms. The number of nitrogens with one attached hydrogen (secondary N) is 1. The Hall–Kier alpha value is -1.49. The lowest BCUT2D eigenvalue weighted by Crippen LogP contribution is -2.36. The number of nitrogen functional groups attached to an aromatic ring is 1. The van der Waals surface area contributed by atoms with Crippen molar-refractivity contribution in [3.63, 3.8) is 0 Å². The molecule has 17 heavy (non-hydrogen) atoms. The first-order valence-corrected chi connectivity index (χ1v) is 5.43. The van der Waals surface area contributed by atoms with Crippen LogP contribution in [0.1, 0.15) is 6.92 Å². The lowest BCUT2D eigenvalue weighted by Gasteiger charge is -2.20. The van der Waals surface area contributed by atoms with Crippen molar-refractivity contribution in [1.82, 2.24) is 4.90 Å². The summed E-state index contributed by atoms with van der Waals surface area (Å²) < 4.78 is 13.1. The van der Waals surface area contributed by atoms with Crippen LogP contribution in [0, 0.1) is 5.82 Å². The van der Waals surface area contributed by atoms with Gasteiger partial charge >= 0.3 is 0 Å². The van der Waals surface area contributed by atoms with Gasteiger partial charge in [-0.1, -0.05) is 11.6 Å².